The predicted molar refractivity (Wildman–Crippen MR) is 162 cm³/mol. The van der Waals surface area contributed by atoms with E-state index in [4.69, 9.17) is 23.2 Å². The van der Waals surface area contributed by atoms with Gasteiger partial charge in [-0.25, -0.2) is 0 Å². The topological polar surface area (TPSA) is 51.2 Å². The standard InChI is InChI=1S/C32H37Cl2O3P/c1-30(2,3)20-18-21(31(4,5)6)28(38(37)29(36)25-22(33)16-13-17-23(25)34)26(32(7,8)9)24(20)27(35)19-14-11-10-12-15-19/h10-18,38H,1-9H3. The number of carbonyl (C=O) groups excluding carboxylic acids is 2. The molecule has 0 aromatic heterocycles. The second kappa shape index (κ2) is 10.8. The van der Waals surface area contributed by atoms with Crippen LogP contribution in [0.15, 0.2) is 54.6 Å². The molecule has 0 bridgehead atoms. The molecule has 38 heavy (non-hydrogen) atoms. The van der Waals surface area contributed by atoms with Crippen LogP contribution in [0.25, 0.3) is 0 Å². The molecule has 0 fully saturated rings. The molecule has 0 N–H and O–H groups in total. The number of hydrogen-bond acceptors (Lipinski definition) is 3. The Morgan fingerprint density at radius 1 is 0.658 bits per heavy atom. The normalized spacial score (nSPS) is 13.3. The molecule has 0 saturated heterocycles. The zero-order chi connectivity index (χ0) is 28.8. The maximum Gasteiger partial charge on any atom is 0.225 e. The second-order valence-electron chi connectivity index (χ2n) is 12.8. The van der Waals surface area contributed by atoms with E-state index in [0.29, 0.717) is 22.0 Å². The van der Waals surface area contributed by atoms with Crippen molar-refractivity contribution in [1.29, 1.82) is 0 Å². The molecule has 3 aromatic rings. The van der Waals surface area contributed by atoms with Crippen molar-refractivity contribution < 1.29 is 14.2 Å². The van der Waals surface area contributed by atoms with Crippen LogP contribution in [0, 0.1) is 0 Å². The summed E-state index contributed by atoms with van der Waals surface area (Å²) in [6, 6.07) is 15.9. The molecule has 0 aliphatic carbocycles. The van der Waals surface area contributed by atoms with Crippen LogP contribution in [0.1, 0.15) is 105 Å². The molecule has 3 rings (SSSR count). The fraction of sp³-hybridized carbons (Fsp3) is 0.375. The number of carbonyl (C=O) groups is 2. The van der Waals surface area contributed by atoms with Gasteiger partial charge in [0.25, 0.3) is 0 Å². The molecule has 0 aliphatic rings. The Labute approximate surface area is 237 Å². The lowest BCUT2D eigenvalue weighted by atomic mass is 9.71. The van der Waals surface area contributed by atoms with Crippen LogP contribution in [-0.4, -0.2) is 11.3 Å². The molecule has 3 nitrogen and oxygen atoms in total. The highest BCUT2D eigenvalue weighted by Gasteiger charge is 2.39. The van der Waals surface area contributed by atoms with Crippen LogP contribution in [0.4, 0.5) is 0 Å². The third-order valence-electron chi connectivity index (χ3n) is 6.58. The molecule has 1 unspecified atom stereocenters. The summed E-state index contributed by atoms with van der Waals surface area (Å²) in [6.07, 6.45) is 0. The molecule has 0 amide bonds. The Bertz CT molecular complexity index is 1400. The second-order valence-corrected chi connectivity index (χ2v) is 15.2. The zero-order valence-corrected chi connectivity index (χ0v) is 26.2. The van der Waals surface area contributed by atoms with Gasteiger partial charge in [-0.15, -0.1) is 0 Å². The SMILES string of the molecule is CC(C)(C)c1cc(C(C)(C)C)c([PH](=O)C(=O)c2c(Cl)cccc2Cl)c(C(C)(C)C)c1C(=O)c1ccccc1. The minimum absolute atomic E-state index is 0.0512. The van der Waals surface area contributed by atoms with Crippen molar-refractivity contribution in [1.82, 2.24) is 0 Å². The van der Waals surface area contributed by atoms with Gasteiger partial charge in [0.05, 0.1) is 15.6 Å². The lowest BCUT2D eigenvalue weighted by molar-refractivity contribution is 0.103. The third-order valence-corrected chi connectivity index (χ3v) is 8.85. The van der Waals surface area contributed by atoms with Gasteiger partial charge in [0, 0.05) is 16.4 Å². The van der Waals surface area contributed by atoms with E-state index in [1.807, 2.05) is 65.8 Å². The summed E-state index contributed by atoms with van der Waals surface area (Å²) in [5.74, 6) is -0.153. The number of ketones is 1. The van der Waals surface area contributed by atoms with E-state index in [9.17, 15) is 14.2 Å². The van der Waals surface area contributed by atoms with Gasteiger partial charge < -0.3 is 4.57 Å². The van der Waals surface area contributed by atoms with Gasteiger partial charge in [-0.05, 0) is 45.1 Å². The summed E-state index contributed by atoms with van der Waals surface area (Å²) in [7, 11) is -3.17. The Hall–Kier alpha value is -2.19. The monoisotopic (exact) mass is 570 g/mol. The minimum atomic E-state index is -3.17. The van der Waals surface area contributed by atoms with Gasteiger partial charge in [0.2, 0.25) is 5.52 Å². The van der Waals surface area contributed by atoms with Crippen LogP contribution < -0.4 is 5.30 Å². The maximum absolute atomic E-state index is 14.5. The van der Waals surface area contributed by atoms with Crippen molar-refractivity contribution in [2.75, 3.05) is 0 Å². The van der Waals surface area contributed by atoms with Gasteiger partial charge in [-0.1, -0.05) is 128 Å². The van der Waals surface area contributed by atoms with Crippen molar-refractivity contribution in [2.45, 2.75) is 78.6 Å². The summed E-state index contributed by atoms with van der Waals surface area (Å²) in [5, 5.41) is 0.744. The smallest absolute Gasteiger partial charge is 0.225 e. The Kier molecular flexibility index (Phi) is 8.60. The average molecular weight is 572 g/mol. The summed E-state index contributed by atoms with van der Waals surface area (Å²) in [4.78, 5) is 28.1. The lowest BCUT2D eigenvalue weighted by Crippen LogP contribution is -2.35. The minimum Gasteiger partial charge on any atom is -0.313 e. The molecule has 0 radical (unpaired) electrons. The molecular formula is C32H37Cl2O3P. The van der Waals surface area contributed by atoms with Gasteiger partial charge in [0.15, 0.2) is 13.6 Å². The quantitative estimate of drug-likeness (QED) is 0.227. The number of rotatable bonds is 5. The summed E-state index contributed by atoms with van der Waals surface area (Å²) < 4.78 is 14.5. The van der Waals surface area contributed by atoms with E-state index in [1.165, 1.54) is 0 Å². The van der Waals surface area contributed by atoms with E-state index >= 15 is 0 Å². The first-order chi connectivity index (χ1) is 17.4. The third kappa shape index (κ3) is 6.01. The van der Waals surface area contributed by atoms with Crippen LogP contribution in [-0.2, 0) is 20.8 Å². The molecule has 0 aliphatic heterocycles. The van der Waals surface area contributed by atoms with Gasteiger partial charge in [-0.3, -0.25) is 9.59 Å². The van der Waals surface area contributed by atoms with Crippen LogP contribution in [0.3, 0.4) is 0 Å². The van der Waals surface area contributed by atoms with Gasteiger partial charge in [-0.2, -0.15) is 0 Å². The summed E-state index contributed by atoms with van der Waals surface area (Å²) >= 11 is 12.8. The van der Waals surface area contributed by atoms with Crippen molar-refractivity contribution in [3.05, 3.63) is 98.0 Å². The van der Waals surface area contributed by atoms with Crippen molar-refractivity contribution in [2.24, 2.45) is 0 Å². The van der Waals surface area contributed by atoms with Crippen molar-refractivity contribution in [3.8, 4) is 0 Å². The highest BCUT2D eigenvalue weighted by molar-refractivity contribution is 7.71. The lowest BCUT2D eigenvalue weighted by Gasteiger charge is -2.36. The van der Waals surface area contributed by atoms with Gasteiger partial charge in [0.1, 0.15) is 0 Å². The first-order valence-corrected chi connectivity index (χ1v) is 14.9. The van der Waals surface area contributed by atoms with E-state index in [2.05, 4.69) is 20.8 Å². The van der Waals surface area contributed by atoms with E-state index in [-0.39, 0.29) is 21.4 Å². The molecule has 202 valence electrons. The Morgan fingerprint density at radius 3 is 1.61 bits per heavy atom. The van der Waals surface area contributed by atoms with Crippen molar-refractivity contribution >= 4 is 47.6 Å². The first kappa shape index (κ1) is 30.4. The van der Waals surface area contributed by atoms with E-state index < -0.39 is 29.6 Å². The Balaban J connectivity index is 2.55. The molecule has 0 heterocycles. The van der Waals surface area contributed by atoms with E-state index in [1.54, 1.807) is 30.3 Å². The number of benzene rings is 3. The van der Waals surface area contributed by atoms with Gasteiger partial charge >= 0.3 is 0 Å². The van der Waals surface area contributed by atoms with Crippen molar-refractivity contribution in [3.63, 3.8) is 0 Å². The average Bonchev–Trinajstić information content (AvgIpc) is 2.80. The predicted octanol–water partition coefficient (Wildman–Crippen LogP) is 9.14. The first-order valence-electron chi connectivity index (χ1n) is 12.7. The largest absolute Gasteiger partial charge is 0.313 e. The fourth-order valence-electron chi connectivity index (χ4n) is 4.76. The summed E-state index contributed by atoms with van der Waals surface area (Å²) in [5.41, 5.74) is 1.32. The molecular weight excluding hydrogens is 534 g/mol. The Morgan fingerprint density at radius 2 is 1.16 bits per heavy atom. The summed E-state index contributed by atoms with van der Waals surface area (Å²) in [6.45, 7) is 18.3. The maximum atomic E-state index is 14.5. The molecule has 6 heteroatoms. The highest BCUT2D eigenvalue weighted by atomic mass is 35.5. The molecule has 3 aromatic carbocycles. The number of halogens is 2. The van der Waals surface area contributed by atoms with Crippen LogP contribution >= 0.6 is 31.0 Å². The van der Waals surface area contributed by atoms with Crippen LogP contribution in [0.2, 0.25) is 10.0 Å². The van der Waals surface area contributed by atoms with Crippen LogP contribution in [0.5, 0.6) is 0 Å². The zero-order valence-electron chi connectivity index (χ0n) is 23.7. The molecule has 0 saturated carbocycles. The molecule has 0 spiro atoms. The van der Waals surface area contributed by atoms with E-state index in [0.717, 1.165) is 11.1 Å². The number of hydrogen-bond donors (Lipinski definition) is 0. The fourth-order valence-corrected chi connectivity index (χ4v) is 7.63. The molecule has 1 atom stereocenters. The highest BCUT2D eigenvalue weighted by Crippen LogP contribution is 2.45.